The fraction of sp³-hybridized carbons (Fsp3) is 0.125. The lowest BCUT2D eigenvalue weighted by molar-refractivity contribution is -0.137. The third-order valence-electron chi connectivity index (χ3n) is 3.47. The van der Waals surface area contributed by atoms with Crippen LogP contribution in [0, 0.1) is 5.82 Å². The van der Waals surface area contributed by atoms with E-state index in [2.05, 4.69) is 15.2 Å². The molecule has 124 valence electrons. The highest BCUT2D eigenvalue weighted by Crippen LogP contribution is 2.31. The summed E-state index contributed by atoms with van der Waals surface area (Å²) in [7, 11) is 0. The smallest absolute Gasteiger partial charge is 0.318 e. The Morgan fingerprint density at radius 3 is 2.42 bits per heavy atom. The number of benzene rings is 2. The van der Waals surface area contributed by atoms with E-state index in [1.54, 1.807) is 0 Å². The Balaban J connectivity index is 1.89. The monoisotopic (exact) mass is 336 g/mol. The third-order valence-corrected chi connectivity index (χ3v) is 3.47. The summed E-state index contributed by atoms with van der Waals surface area (Å²) in [6, 6.07) is 9.55. The standard InChI is InChI=1S/C16H12F4N4/c17-12-6-4-9(5-7-12)13(21)15-22-14(23-24-15)10-2-1-3-11(8-10)16(18,19)20/h1-8,13H,21H2,(H,22,23,24). The molecule has 0 aliphatic carbocycles. The first-order valence-corrected chi connectivity index (χ1v) is 6.95. The normalized spacial score (nSPS) is 13.0. The van der Waals surface area contributed by atoms with Crippen LogP contribution in [0.4, 0.5) is 17.6 Å². The first kappa shape index (κ1) is 16.1. The number of nitrogens with zero attached hydrogens (tertiary/aromatic N) is 2. The predicted molar refractivity (Wildman–Crippen MR) is 79.3 cm³/mol. The van der Waals surface area contributed by atoms with E-state index in [9.17, 15) is 17.6 Å². The maximum atomic E-state index is 12.9. The molecule has 3 aromatic rings. The van der Waals surface area contributed by atoms with Gasteiger partial charge in [0.2, 0.25) is 0 Å². The fourth-order valence-electron chi connectivity index (χ4n) is 2.21. The summed E-state index contributed by atoms with van der Waals surface area (Å²) in [5.41, 5.74) is 6.06. The molecule has 0 amide bonds. The number of aromatic nitrogens is 3. The predicted octanol–water partition coefficient (Wildman–Crippen LogP) is 3.68. The van der Waals surface area contributed by atoms with Crippen molar-refractivity contribution in [1.82, 2.24) is 15.2 Å². The van der Waals surface area contributed by atoms with Crippen LogP contribution in [0.15, 0.2) is 48.5 Å². The van der Waals surface area contributed by atoms with Crippen LogP contribution in [0.25, 0.3) is 11.4 Å². The lowest BCUT2D eigenvalue weighted by atomic mass is 10.1. The van der Waals surface area contributed by atoms with Gasteiger partial charge >= 0.3 is 6.18 Å². The second-order valence-electron chi connectivity index (χ2n) is 5.15. The summed E-state index contributed by atoms with van der Waals surface area (Å²) >= 11 is 0. The van der Waals surface area contributed by atoms with Gasteiger partial charge in [-0.1, -0.05) is 24.3 Å². The summed E-state index contributed by atoms with van der Waals surface area (Å²) in [6.45, 7) is 0. The number of hydrogen-bond donors (Lipinski definition) is 2. The summed E-state index contributed by atoms with van der Waals surface area (Å²) in [4.78, 5) is 4.15. The number of halogens is 4. The maximum absolute atomic E-state index is 12.9. The van der Waals surface area contributed by atoms with Crippen LogP contribution in [0.5, 0.6) is 0 Å². The Kier molecular flexibility index (Phi) is 4.06. The minimum absolute atomic E-state index is 0.105. The molecule has 4 nitrogen and oxygen atoms in total. The van der Waals surface area contributed by atoms with Crippen molar-refractivity contribution < 1.29 is 17.6 Å². The van der Waals surface area contributed by atoms with Crippen LogP contribution in [-0.2, 0) is 6.18 Å². The number of rotatable bonds is 3. The third kappa shape index (κ3) is 3.28. The molecule has 3 rings (SSSR count). The SMILES string of the molecule is NC(c1ccc(F)cc1)c1nc(-c2cccc(C(F)(F)F)c2)n[nH]1. The summed E-state index contributed by atoms with van der Waals surface area (Å²) in [5, 5.41) is 6.53. The Bertz CT molecular complexity index is 840. The van der Waals surface area contributed by atoms with Crippen molar-refractivity contribution in [1.29, 1.82) is 0 Å². The molecule has 0 radical (unpaired) electrons. The van der Waals surface area contributed by atoms with E-state index in [-0.39, 0.29) is 17.2 Å². The molecule has 1 heterocycles. The molecule has 1 unspecified atom stereocenters. The molecule has 0 fully saturated rings. The van der Waals surface area contributed by atoms with E-state index in [4.69, 9.17) is 5.73 Å². The van der Waals surface area contributed by atoms with Crippen molar-refractivity contribution in [2.75, 3.05) is 0 Å². The van der Waals surface area contributed by atoms with Gasteiger partial charge in [0.05, 0.1) is 11.6 Å². The van der Waals surface area contributed by atoms with Gasteiger partial charge in [0, 0.05) is 5.56 Å². The maximum Gasteiger partial charge on any atom is 0.416 e. The second kappa shape index (κ2) is 6.04. The van der Waals surface area contributed by atoms with E-state index in [0.717, 1.165) is 12.1 Å². The van der Waals surface area contributed by atoms with Crippen molar-refractivity contribution in [3.63, 3.8) is 0 Å². The average Bonchev–Trinajstić information content (AvgIpc) is 3.04. The summed E-state index contributed by atoms with van der Waals surface area (Å²) in [6.07, 6.45) is -4.44. The molecule has 0 aliphatic heterocycles. The van der Waals surface area contributed by atoms with Crippen molar-refractivity contribution in [2.24, 2.45) is 5.73 Å². The van der Waals surface area contributed by atoms with Crippen LogP contribution in [-0.4, -0.2) is 15.2 Å². The molecule has 8 heteroatoms. The zero-order chi connectivity index (χ0) is 17.3. The average molecular weight is 336 g/mol. The molecule has 0 bridgehead atoms. The number of aromatic amines is 1. The molecule has 0 spiro atoms. The molecule has 1 atom stereocenters. The van der Waals surface area contributed by atoms with Gasteiger partial charge in [-0.3, -0.25) is 5.10 Å². The van der Waals surface area contributed by atoms with E-state index in [1.807, 2.05) is 0 Å². The van der Waals surface area contributed by atoms with Crippen LogP contribution >= 0.6 is 0 Å². The van der Waals surface area contributed by atoms with Gasteiger partial charge in [-0.25, -0.2) is 9.37 Å². The number of H-pyrrole nitrogens is 1. The Hall–Kier alpha value is -2.74. The number of nitrogens with one attached hydrogen (secondary N) is 1. The Labute approximate surface area is 134 Å². The highest BCUT2D eigenvalue weighted by Gasteiger charge is 2.30. The van der Waals surface area contributed by atoms with Gasteiger partial charge in [0.1, 0.15) is 11.6 Å². The topological polar surface area (TPSA) is 67.6 Å². The van der Waals surface area contributed by atoms with Gasteiger partial charge < -0.3 is 5.73 Å². The van der Waals surface area contributed by atoms with E-state index in [0.29, 0.717) is 5.56 Å². The molecule has 0 saturated carbocycles. The summed E-state index contributed by atoms with van der Waals surface area (Å²) < 4.78 is 51.3. The minimum atomic E-state index is -4.44. The zero-order valence-corrected chi connectivity index (χ0v) is 12.2. The van der Waals surface area contributed by atoms with E-state index < -0.39 is 23.6 Å². The van der Waals surface area contributed by atoms with E-state index >= 15 is 0 Å². The number of alkyl halides is 3. The molecular formula is C16H12F4N4. The van der Waals surface area contributed by atoms with Crippen LogP contribution in [0.1, 0.15) is 23.0 Å². The van der Waals surface area contributed by atoms with Gasteiger partial charge in [-0.05, 0) is 29.8 Å². The molecular weight excluding hydrogens is 324 g/mol. The minimum Gasteiger partial charge on any atom is -0.318 e. The Morgan fingerprint density at radius 2 is 1.75 bits per heavy atom. The van der Waals surface area contributed by atoms with Gasteiger partial charge in [0.25, 0.3) is 0 Å². The van der Waals surface area contributed by atoms with Gasteiger partial charge in [0.15, 0.2) is 5.82 Å². The first-order valence-electron chi connectivity index (χ1n) is 6.95. The first-order chi connectivity index (χ1) is 11.3. The van der Waals surface area contributed by atoms with Crippen LogP contribution in [0.3, 0.4) is 0 Å². The second-order valence-corrected chi connectivity index (χ2v) is 5.15. The molecule has 2 aromatic carbocycles. The van der Waals surface area contributed by atoms with Crippen molar-refractivity contribution in [3.05, 3.63) is 71.3 Å². The highest BCUT2D eigenvalue weighted by molar-refractivity contribution is 5.56. The molecule has 0 saturated heterocycles. The van der Waals surface area contributed by atoms with Gasteiger partial charge in [-0.2, -0.15) is 18.3 Å². The lowest BCUT2D eigenvalue weighted by Crippen LogP contribution is -2.13. The van der Waals surface area contributed by atoms with Crippen molar-refractivity contribution >= 4 is 0 Å². The molecule has 1 aromatic heterocycles. The molecule has 3 N–H and O–H groups in total. The number of nitrogens with two attached hydrogens (primary N) is 1. The number of hydrogen-bond acceptors (Lipinski definition) is 3. The largest absolute Gasteiger partial charge is 0.416 e. The van der Waals surface area contributed by atoms with E-state index in [1.165, 1.54) is 36.4 Å². The lowest BCUT2D eigenvalue weighted by Gasteiger charge is -2.08. The molecule has 0 aliphatic rings. The fourth-order valence-corrected chi connectivity index (χ4v) is 2.21. The van der Waals surface area contributed by atoms with Crippen LogP contribution < -0.4 is 5.73 Å². The highest BCUT2D eigenvalue weighted by atomic mass is 19.4. The molecule has 24 heavy (non-hydrogen) atoms. The van der Waals surface area contributed by atoms with Gasteiger partial charge in [-0.15, -0.1) is 0 Å². The van der Waals surface area contributed by atoms with Crippen molar-refractivity contribution in [3.8, 4) is 11.4 Å². The van der Waals surface area contributed by atoms with Crippen LogP contribution in [0.2, 0.25) is 0 Å². The Morgan fingerprint density at radius 1 is 1.04 bits per heavy atom. The quantitative estimate of drug-likeness (QED) is 0.717. The summed E-state index contributed by atoms with van der Waals surface area (Å²) in [5.74, 6) is -0.0177. The zero-order valence-electron chi connectivity index (χ0n) is 12.2. The van der Waals surface area contributed by atoms with Crippen molar-refractivity contribution in [2.45, 2.75) is 12.2 Å².